The summed E-state index contributed by atoms with van der Waals surface area (Å²) < 4.78 is 43.8. The van der Waals surface area contributed by atoms with Gasteiger partial charge in [-0.25, -0.2) is 27.3 Å². The van der Waals surface area contributed by atoms with Gasteiger partial charge in [-0.3, -0.25) is 4.57 Å². The van der Waals surface area contributed by atoms with Crippen molar-refractivity contribution in [3.05, 3.63) is 89.2 Å². The highest BCUT2D eigenvalue weighted by Gasteiger charge is 2.20. The first-order chi connectivity index (χ1) is 14.8. The Bertz CT molecular complexity index is 1450. The SMILES string of the molecule is CSc1nc(=O)n(C2=c3c(Br)cccc3=CNC2)c(=O)n1Cc1cc(F)c(F)cc1F. The van der Waals surface area contributed by atoms with Crippen molar-refractivity contribution in [2.24, 2.45) is 0 Å². The molecule has 0 aliphatic carbocycles. The molecule has 0 radical (unpaired) electrons. The van der Waals surface area contributed by atoms with Crippen molar-refractivity contribution >= 4 is 39.6 Å². The first kappa shape index (κ1) is 21.4. The Morgan fingerprint density at radius 2 is 1.90 bits per heavy atom. The van der Waals surface area contributed by atoms with Crippen molar-refractivity contribution in [1.82, 2.24) is 19.4 Å². The summed E-state index contributed by atoms with van der Waals surface area (Å²) in [7, 11) is 0. The van der Waals surface area contributed by atoms with Crippen molar-refractivity contribution in [2.75, 3.05) is 12.8 Å². The Balaban J connectivity index is 2.00. The predicted octanol–water partition coefficient (Wildman–Crippen LogP) is 1.35. The van der Waals surface area contributed by atoms with Crippen LogP contribution in [0.1, 0.15) is 5.56 Å². The van der Waals surface area contributed by atoms with Crippen LogP contribution in [0.3, 0.4) is 0 Å². The van der Waals surface area contributed by atoms with Gasteiger partial charge in [-0.05, 0) is 18.4 Å². The number of rotatable bonds is 4. The number of hydrogen-bond donors (Lipinski definition) is 1. The van der Waals surface area contributed by atoms with Crippen molar-refractivity contribution in [2.45, 2.75) is 11.7 Å². The lowest BCUT2D eigenvalue weighted by molar-refractivity contribution is 0.482. The zero-order chi connectivity index (χ0) is 22.3. The second-order valence-corrected chi connectivity index (χ2v) is 8.25. The Hall–Kier alpha value is -2.79. The molecule has 160 valence electrons. The Labute approximate surface area is 185 Å². The molecular weight excluding hydrogens is 497 g/mol. The van der Waals surface area contributed by atoms with Crippen LogP contribution in [0.25, 0.3) is 11.9 Å². The zero-order valence-corrected chi connectivity index (χ0v) is 18.4. The molecule has 0 bridgehead atoms. The maximum Gasteiger partial charge on any atom is 0.358 e. The fourth-order valence-corrected chi connectivity index (χ4v) is 4.50. The van der Waals surface area contributed by atoms with Crippen molar-refractivity contribution in [3.63, 3.8) is 0 Å². The number of benzene rings is 2. The fraction of sp³-hybridized carbons (Fsp3) is 0.150. The molecule has 4 rings (SSSR count). The maximum atomic E-state index is 14.2. The van der Waals surface area contributed by atoms with Crippen LogP contribution in [0.2, 0.25) is 0 Å². The Morgan fingerprint density at radius 1 is 1.16 bits per heavy atom. The number of aromatic nitrogens is 3. The van der Waals surface area contributed by atoms with Crippen LogP contribution in [-0.2, 0) is 6.54 Å². The maximum absolute atomic E-state index is 14.2. The van der Waals surface area contributed by atoms with E-state index < -0.39 is 35.4 Å². The molecule has 0 saturated carbocycles. The average molecular weight is 511 g/mol. The van der Waals surface area contributed by atoms with E-state index in [1.165, 1.54) is 0 Å². The van der Waals surface area contributed by atoms with Gasteiger partial charge in [0.25, 0.3) is 0 Å². The summed E-state index contributed by atoms with van der Waals surface area (Å²) in [5, 5.41) is 4.44. The van der Waals surface area contributed by atoms with Gasteiger partial charge in [0.05, 0.1) is 18.8 Å². The molecule has 2 aromatic carbocycles. The highest BCUT2D eigenvalue weighted by Crippen LogP contribution is 2.17. The summed E-state index contributed by atoms with van der Waals surface area (Å²) in [5.74, 6) is -3.58. The van der Waals surface area contributed by atoms with Crippen LogP contribution in [0.4, 0.5) is 13.2 Å². The molecule has 0 amide bonds. The Kier molecular flexibility index (Phi) is 5.80. The molecule has 0 unspecified atom stereocenters. The van der Waals surface area contributed by atoms with E-state index in [9.17, 15) is 22.8 Å². The molecule has 6 nitrogen and oxygen atoms in total. The standard InChI is InChI=1S/C20H14BrF3N4O2S/c1-31-19-26-18(29)28(16-8-25-7-10-3-2-4-12(21)17(10)16)20(30)27(19)9-11-5-14(23)15(24)6-13(11)22/h2-7,25H,8-9H2,1H3. The van der Waals surface area contributed by atoms with E-state index in [0.717, 1.165) is 26.1 Å². The molecule has 0 fully saturated rings. The van der Waals surface area contributed by atoms with Crippen LogP contribution in [0.15, 0.2) is 49.6 Å². The van der Waals surface area contributed by atoms with Gasteiger partial charge in [0.2, 0.25) is 0 Å². The molecule has 0 atom stereocenters. The fourth-order valence-electron chi connectivity index (χ4n) is 3.36. The van der Waals surface area contributed by atoms with Crippen LogP contribution in [0, 0.1) is 17.5 Å². The van der Waals surface area contributed by atoms with Gasteiger partial charge in [0, 0.05) is 32.7 Å². The summed E-state index contributed by atoms with van der Waals surface area (Å²) in [4.78, 5) is 30.1. The van der Waals surface area contributed by atoms with Gasteiger partial charge >= 0.3 is 11.4 Å². The lowest BCUT2D eigenvalue weighted by Crippen LogP contribution is -2.49. The summed E-state index contributed by atoms with van der Waals surface area (Å²) in [6.45, 7) is -0.258. The first-order valence-corrected chi connectivity index (χ1v) is 11.0. The van der Waals surface area contributed by atoms with E-state index in [-0.39, 0.29) is 17.3 Å². The zero-order valence-electron chi connectivity index (χ0n) is 16.0. The van der Waals surface area contributed by atoms with Gasteiger partial charge in [0.15, 0.2) is 16.8 Å². The van der Waals surface area contributed by atoms with Gasteiger partial charge in [-0.1, -0.05) is 39.8 Å². The number of hydrogen-bond acceptors (Lipinski definition) is 5. The van der Waals surface area contributed by atoms with Crippen LogP contribution < -0.4 is 27.1 Å². The predicted molar refractivity (Wildman–Crippen MR) is 115 cm³/mol. The van der Waals surface area contributed by atoms with Gasteiger partial charge in [-0.2, -0.15) is 4.98 Å². The second-order valence-electron chi connectivity index (χ2n) is 6.62. The summed E-state index contributed by atoms with van der Waals surface area (Å²) in [6.07, 6.45) is 3.35. The van der Waals surface area contributed by atoms with Crippen LogP contribution in [0.5, 0.6) is 0 Å². The largest absolute Gasteiger partial charge is 0.385 e. The summed E-state index contributed by atoms with van der Waals surface area (Å²) in [6, 6.07) is 6.51. The quantitative estimate of drug-likeness (QED) is 0.424. The average Bonchev–Trinajstić information content (AvgIpc) is 2.73. The Morgan fingerprint density at radius 3 is 2.65 bits per heavy atom. The number of nitrogens with one attached hydrogen (secondary N) is 1. The molecule has 1 aliphatic rings. The third-order valence-electron chi connectivity index (χ3n) is 4.77. The molecule has 11 heteroatoms. The van der Waals surface area contributed by atoms with Crippen molar-refractivity contribution < 1.29 is 13.2 Å². The lowest BCUT2D eigenvalue weighted by Gasteiger charge is -2.18. The molecule has 31 heavy (non-hydrogen) atoms. The molecule has 1 aliphatic heterocycles. The van der Waals surface area contributed by atoms with Gasteiger partial charge in [-0.15, -0.1) is 0 Å². The number of halogens is 4. The number of thioether (sulfide) groups is 1. The monoisotopic (exact) mass is 510 g/mol. The minimum absolute atomic E-state index is 0.0265. The van der Waals surface area contributed by atoms with Gasteiger partial charge in [0.1, 0.15) is 5.82 Å². The van der Waals surface area contributed by atoms with Crippen molar-refractivity contribution in [1.29, 1.82) is 0 Å². The molecule has 3 aromatic rings. The van der Waals surface area contributed by atoms with E-state index in [4.69, 9.17) is 0 Å². The first-order valence-electron chi connectivity index (χ1n) is 8.94. The normalized spacial score (nSPS) is 12.9. The topological polar surface area (TPSA) is 68.9 Å². The van der Waals surface area contributed by atoms with Crippen LogP contribution >= 0.6 is 27.7 Å². The second kappa shape index (κ2) is 8.39. The smallest absolute Gasteiger partial charge is 0.358 e. The molecule has 1 N–H and O–H groups in total. The highest BCUT2D eigenvalue weighted by atomic mass is 79.9. The number of nitrogens with zero attached hydrogens (tertiary/aromatic N) is 3. The third-order valence-corrected chi connectivity index (χ3v) is 6.11. The molecule has 1 aromatic heterocycles. The molecular formula is C20H14BrF3N4O2S. The molecule has 0 saturated heterocycles. The van der Waals surface area contributed by atoms with E-state index in [2.05, 4.69) is 26.2 Å². The van der Waals surface area contributed by atoms with E-state index >= 15 is 0 Å². The third kappa shape index (κ3) is 3.83. The molecule has 0 spiro atoms. The summed E-state index contributed by atoms with van der Waals surface area (Å²) in [5.41, 5.74) is -1.45. The highest BCUT2D eigenvalue weighted by molar-refractivity contribution is 9.10. The van der Waals surface area contributed by atoms with E-state index in [1.807, 2.05) is 12.1 Å². The van der Waals surface area contributed by atoms with Crippen molar-refractivity contribution in [3.8, 4) is 0 Å². The molecule has 2 heterocycles. The van der Waals surface area contributed by atoms with Crippen LogP contribution in [-0.4, -0.2) is 26.9 Å². The van der Waals surface area contributed by atoms with E-state index in [0.29, 0.717) is 27.5 Å². The number of fused-ring (bicyclic) bond motifs is 1. The summed E-state index contributed by atoms with van der Waals surface area (Å²) >= 11 is 4.46. The minimum Gasteiger partial charge on any atom is -0.385 e. The lowest BCUT2D eigenvalue weighted by atomic mass is 10.1. The van der Waals surface area contributed by atoms with E-state index in [1.54, 1.807) is 18.5 Å². The minimum atomic E-state index is -1.33. The van der Waals surface area contributed by atoms with Gasteiger partial charge < -0.3 is 5.32 Å².